The number of hydrogen-bond donors (Lipinski definition) is 0. The Hall–Kier alpha value is -0.920. The van der Waals surface area contributed by atoms with Crippen molar-refractivity contribution in [3.8, 4) is 5.75 Å². The van der Waals surface area contributed by atoms with Crippen LogP contribution >= 0.6 is 31.9 Å². The number of nitrogens with zero attached hydrogens (tertiary/aromatic N) is 2. The number of piperidine rings is 1. The van der Waals surface area contributed by atoms with Gasteiger partial charge in [0.1, 0.15) is 18.5 Å². The maximum atomic E-state index is 6.46. The third-order valence-electron chi connectivity index (χ3n) is 6.00. The highest BCUT2D eigenvalue weighted by atomic mass is 79.9. The summed E-state index contributed by atoms with van der Waals surface area (Å²) in [7, 11) is 4.37. The van der Waals surface area contributed by atoms with Crippen molar-refractivity contribution in [3.05, 3.63) is 62.5 Å². The second-order valence-corrected chi connectivity index (χ2v) is 9.98. The molecule has 0 aliphatic carbocycles. The minimum atomic E-state index is 0.0126. The average molecular weight is 524 g/mol. The molecular weight excluding hydrogens is 496 g/mol. The molecule has 0 spiro atoms. The predicted molar refractivity (Wildman–Crippen MR) is 123 cm³/mol. The van der Waals surface area contributed by atoms with Crippen LogP contribution in [-0.4, -0.2) is 55.7 Å². The van der Waals surface area contributed by atoms with E-state index in [-0.39, 0.29) is 12.1 Å². The summed E-state index contributed by atoms with van der Waals surface area (Å²) < 4.78 is 14.6. The first-order valence-electron chi connectivity index (χ1n) is 10.2. The minimum Gasteiger partial charge on any atom is -0.490 e. The smallest absolute Gasteiger partial charge is 0.124 e. The van der Waals surface area contributed by atoms with Crippen molar-refractivity contribution < 1.29 is 9.47 Å². The molecule has 2 unspecified atom stereocenters. The molecule has 0 amide bonds. The van der Waals surface area contributed by atoms with E-state index in [0.717, 1.165) is 33.3 Å². The Morgan fingerprint density at radius 3 is 2.45 bits per heavy atom. The zero-order chi connectivity index (χ0) is 20.4. The van der Waals surface area contributed by atoms with Crippen molar-refractivity contribution in [2.24, 2.45) is 0 Å². The molecule has 2 aromatic carbocycles. The maximum Gasteiger partial charge on any atom is 0.124 e. The fourth-order valence-corrected chi connectivity index (χ4v) is 5.86. The van der Waals surface area contributed by atoms with E-state index in [1.807, 2.05) is 12.1 Å². The zero-order valence-electron chi connectivity index (χ0n) is 17.0. The van der Waals surface area contributed by atoms with Gasteiger partial charge >= 0.3 is 0 Å². The number of rotatable bonds is 5. The van der Waals surface area contributed by atoms with E-state index in [0.29, 0.717) is 19.3 Å². The number of benzene rings is 2. The van der Waals surface area contributed by atoms with Gasteiger partial charge in [0.2, 0.25) is 0 Å². The Morgan fingerprint density at radius 1 is 1.07 bits per heavy atom. The molecular formula is C23H28Br2N2O2. The lowest BCUT2D eigenvalue weighted by atomic mass is 9.93. The lowest BCUT2D eigenvalue weighted by Gasteiger charge is -2.44. The largest absolute Gasteiger partial charge is 0.490 e. The number of ether oxygens (including phenoxy) is 2. The normalized spacial score (nSPS) is 23.1. The molecule has 1 fully saturated rings. The summed E-state index contributed by atoms with van der Waals surface area (Å²) in [6.45, 7) is 3.33. The minimum absolute atomic E-state index is 0.0126. The Kier molecular flexibility index (Phi) is 6.97. The van der Waals surface area contributed by atoms with E-state index in [2.05, 4.69) is 86.1 Å². The monoisotopic (exact) mass is 522 g/mol. The van der Waals surface area contributed by atoms with Gasteiger partial charge in [0.15, 0.2) is 0 Å². The van der Waals surface area contributed by atoms with Gasteiger partial charge in [-0.05, 0) is 56.8 Å². The van der Waals surface area contributed by atoms with Crippen molar-refractivity contribution >= 4 is 31.9 Å². The number of halogens is 2. The van der Waals surface area contributed by atoms with Crippen molar-refractivity contribution in [1.29, 1.82) is 0 Å². The Morgan fingerprint density at radius 2 is 1.76 bits per heavy atom. The van der Waals surface area contributed by atoms with E-state index >= 15 is 0 Å². The molecule has 0 saturated carbocycles. The summed E-state index contributed by atoms with van der Waals surface area (Å²) in [5, 5.41) is 0. The number of hydrogen-bond acceptors (Lipinski definition) is 4. The van der Waals surface area contributed by atoms with Gasteiger partial charge in [-0.15, -0.1) is 0 Å². The zero-order valence-corrected chi connectivity index (χ0v) is 20.2. The summed E-state index contributed by atoms with van der Waals surface area (Å²) in [5.41, 5.74) is 2.40. The van der Waals surface area contributed by atoms with Gasteiger partial charge < -0.3 is 14.4 Å². The van der Waals surface area contributed by atoms with Gasteiger partial charge in [0.05, 0.1) is 12.6 Å². The van der Waals surface area contributed by atoms with Gasteiger partial charge in [-0.2, -0.15) is 0 Å². The summed E-state index contributed by atoms with van der Waals surface area (Å²) in [4.78, 5) is 4.96. The van der Waals surface area contributed by atoms with Gasteiger partial charge in [0.25, 0.3) is 0 Å². The van der Waals surface area contributed by atoms with Crippen molar-refractivity contribution in [3.63, 3.8) is 0 Å². The van der Waals surface area contributed by atoms with Gasteiger partial charge in [-0.3, -0.25) is 4.90 Å². The molecule has 2 aromatic rings. The highest BCUT2D eigenvalue weighted by molar-refractivity contribution is 9.11. The number of fused-ring (bicyclic) bond motifs is 1. The standard InChI is InChI=1S/C23H28Br2N2O2/c1-26(2)19-7-9-27(10-8-19)23-20-5-3-4-6-21(20)29-15-22(23)28-14-16-11-17(24)13-18(25)12-16/h3-6,11-13,19,22-23H,7-10,14-15H2,1-2H3. The topological polar surface area (TPSA) is 24.9 Å². The quantitative estimate of drug-likeness (QED) is 0.534. The molecule has 4 rings (SSSR count). The maximum absolute atomic E-state index is 6.46. The highest BCUT2D eigenvalue weighted by Gasteiger charge is 2.37. The fraction of sp³-hybridized carbons (Fsp3) is 0.478. The lowest BCUT2D eigenvalue weighted by molar-refractivity contribution is -0.0667. The average Bonchev–Trinajstić information content (AvgIpc) is 2.71. The molecule has 0 radical (unpaired) electrons. The van der Waals surface area contributed by atoms with Gasteiger partial charge in [0, 0.05) is 33.6 Å². The third kappa shape index (κ3) is 5.05. The first-order valence-corrected chi connectivity index (χ1v) is 11.8. The Balaban J connectivity index is 1.52. The summed E-state index contributed by atoms with van der Waals surface area (Å²) >= 11 is 7.14. The van der Waals surface area contributed by atoms with E-state index in [9.17, 15) is 0 Å². The predicted octanol–water partition coefficient (Wildman–Crippen LogP) is 5.26. The van der Waals surface area contributed by atoms with Crippen molar-refractivity contribution in [1.82, 2.24) is 9.80 Å². The molecule has 6 heteroatoms. The van der Waals surface area contributed by atoms with Crippen LogP contribution in [0.3, 0.4) is 0 Å². The fourth-order valence-electron chi connectivity index (χ4n) is 4.47. The Labute approximate surface area is 190 Å². The van der Waals surface area contributed by atoms with Crippen LogP contribution < -0.4 is 4.74 Å². The molecule has 2 heterocycles. The van der Waals surface area contributed by atoms with Crippen LogP contribution in [0.15, 0.2) is 51.4 Å². The second-order valence-electron chi connectivity index (χ2n) is 8.15. The van der Waals surface area contributed by atoms with Crippen LogP contribution in [0.25, 0.3) is 0 Å². The molecule has 2 aliphatic rings. The van der Waals surface area contributed by atoms with Crippen LogP contribution in [-0.2, 0) is 11.3 Å². The molecule has 0 N–H and O–H groups in total. The van der Waals surface area contributed by atoms with Crippen LogP contribution in [0.5, 0.6) is 5.75 Å². The molecule has 0 aromatic heterocycles. The summed E-state index contributed by atoms with van der Waals surface area (Å²) in [6.07, 6.45) is 2.40. The first-order chi connectivity index (χ1) is 14.0. The molecule has 2 aliphatic heterocycles. The van der Waals surface area contributed by atoms with Crippen LogP contribution in [0.2, 0.25) is 0 Å². The van der Waals surface area contributed by atoms with E-state index < -0.39 is 0 Å². The summed E-state index contributed by atoms with van der Waals surface area (Å²) in [5.74, 6) is 0.997. The van der Waals surface area contributed by atoms with Crippen LogP contribution in [0.4, 0.5) is 0 Å². The molecule has 1 saturated heterocycles. The van der Waals surface area contributed by atoms with Crippen molar-refractivity contribution in [2.75, 3.05) is 33.8 Å². The summed E-state index contributed by atoms with van der Waals surface area (Å²) in [6, 6.07) is 15.6. The highest BCUT2D eigenvalue weighted by Crippen LogP contribution is 2.39. The molecule has 29 heavy (non-hydrogen) atoms. The second kappa shape index (κ2) is 9.48. The van der Waals surface area contributed by atoms with E-state index in [4.69, 9.17) is 9.47 Å². The molecule has 156 valence electrons. The SMILES string of the molecule is CN(C)C1CCN(C2c3ccccc3OCC2OCc2cc(Br)cc(Br)c2)CC1. The molecule has 4 nitrogen and oxygen atoms in total. The van der Waals surface area contributed by atoms with Crippen LogP contribution in [0.1, 0.15) is 30.0 Å². The molecule has 2 atom stereocenters. The number of likely N-dealkylation sites (tertiary alicyclic amines) is 1. The van der Waals surface area contributed by atoms with Gasteiger partial charge in [-0.25, -0.2) is 0 Å². The van der Waals surface area contributed by atoms with E-state index in [1.165, 1.54) is 18.4 Å². The van der Waals surface area contributed by atoms with Crippen molar-refractivity contribution in [2.45, 2.75) is 37.6 Å². The lowest BCUT2D eigenvalue weighted by Crippen LogP contribution is -2.49. The van der Waals surface area contributed by atoms with E-state index in [1.54, 1.807) is 0 Å². The number of para-hydroxylation sites is 1. The van der Waals surface area contributed by atoms with Gasteiger partial charge in [-0.1, -0.05) is 50.1 Å². The van der Waals surface area contributed by atoms with Crippen LogP contribution in [0, 0.1) is 0 Å². The first kappa shape index (κ1) is 21.3. The Bertz CT molecular complexity index is 817. The third-order valence-corrected chi connectivity index (χ3v) is 6.92. The molecule has 0 bridgehead atoms.